The Labute approximate surface area is 116 Å². The smallest absolute Gasteiger partial charge is 0.253 e. The van der Waals surface area contributed by atoms with Gasteiger partial charge in [-0.2, -0.15) is 0 Å². The lowest BCUT2D eigenvalue weighted by Crippen LogP contribution is -2.32. The van der Waals surface area contributed by atoms with E-state index < -0.39 is 0 Å². The van der Waals surface area contributed by atoms with Crippen LogP contribution in [0.2, 0.25) is 5.02 Å². The molecular weight excluding hydrogens is 266 g/mol. The number of carbonyl (C=O) groups excluding carboxylic acids is 2. The highest BCUT2D eigenvalue weighted by molar-refractivity contribution is 6.33. The molecule has 1 saturated carbocycles. The fraction of sp³-hybridized carbons (Fsp3) is 0.385. The summed E-state index contributed by atoms with van der Waals surface area (Å²) in [5.74, 6) is -0.360. The van der Waals surface area contributed by atoms with Crippen molar-refractivity contribution in [1.29, 1.82) is 0 Å². The maximum atomic E-state index is 11.9. The normalized spacial score (nSPS) is 13.9. The molecule has 102 valence electrons. The monoisotopic (exact) mass is 281 g/mol. The average molecular weight is 282 g/mol. The maximum Gasteiger partial charge on any atom is 0.253 e. The van der Waals surface area contributed by atoms with Crippen molar-refractivity contribution in [2.75, 3.05) is 12.3 Å². The molecule has 1 aromatic rings. The van der Waals surface area contributed by atoms with Crippen LogP contribution in [0, 0.1) is 0 Å². The maximum absolute atomic E-state index is 11.9. The molecule has 2 rings (SSSR count). The molecular formula is C13H16ClN3O2. The van der Waals surface area contributed by atoms with Crippen molar-refractivity contribution in [3.63, 3.8) is 0 Å². The molecule has 19 heavy (non-hydrogen) atoms. The first-order valence-electron chi connectivity index (χ1n) is 6.19. The summed E-state index contributed by atoms with van der Waals surface area (Å²) in [4.78, 5) is 23.3. The molecule has 1 aliphatic carbocycles. The number of nitrogens with one attached hydrogen (secondary N) is 2. The van der Waals surface area contributed by atoms with Gasteiger partial charge >= 0.3 is 0 Å². The Morgan fingerprint density at radius 1 is 1.37 bits per heavy atom. The highest BCUT2D eigenvalue weighted by Gasteiger charge is 2.22. The summed E-state index contributed by atoms with van der Waals surface area (Å²) in [6, 6.07) is 5.22. The fourth-order valence-corrected chi connectivity index (χ4v) is 1.82. The van der Waals surface area contributed by atoms with E-state index in [0.29, 0.717) is 16.6 Å². The van der Waals surface area contributed by atoms with Crippen molar-refractivity contribution < 1.29 is 9.59 Å². The zero-order valence-electron chi connectivity index (χ0n) is 10.4. The third-order valence-corrected chi connectivity index (χ3v) is 3.21. The van der Waals surface area contributed by atoms with Crippen molar-refractivity contribution in [3.8, 4) is 0 Å². The lowest BCUT2D eigenvalue weighted by atomic mass is 10.1. The number of hydrogen-bond donors (Lipinski definition) is 3. The van der Waals surface area contributed by atoms with Crippen LogP contribution in [0.4, 0.5) is 5.69 Å². The van der Waals surface area contributed by atoms with Crippen molar-refractivity contribution in [2.45, 2.75) is 25.3 Å². The van der Waals surface area contributed by atoms with Gasteiger partial charge in [-0.1, -0.05) is 17.7 Å². The quantitative estimate of drug-likeness (QED) is 0.712. The molecule has 0 aliphatic heterocycles. The van der Waals surface area contributed by atoms with Gasteiger partial charge in [0.05, 0.1) is 16.3 Å². The van der Waals surface area contributed by atoms with Crippen LogP contribution < -0.4 is 16.4 Å². The number of benzene rings is 1. The van der Waals surface area contributed by atoms with Gasteiger partial charge in [0, 0.05) is 19.0 Å². The number of nitrogens with two attached hydrogens (primary N) is 1. The Hall–Kier alpha value is -1.75. The number of hydrogen-bond acceptors (Lipinski definition) is 3. The summed E-state index contributed by atoms with van der Waals surface area (Å²) in [7, 11) is 0. The lowest BCUT2D eigenvalue weighted by Gasteiger charge is -2.08. The van der Waals surface area contributed by atoms with Gasteiger partial charge in [-0.15, -0.1) is 0 Å². The third kappa shape index (κ3) is 3.86. The Balaban J connectivity index is 1.80. The van der Waals surface area contributed by atoms with Gasteiger partial charge < -0.3 is 16.4 Å². The van der Waals surface area contributed by atoms with Gasteiger partial charge in [0.25, 0.3) is 5.91 Å². The van der Waals surface area contributed by atoms with Crippen molar-refractivity contribution in [3.05, 3.63) is 28.8 Å². The van der Waals surface area contributed by atoms with E-state index in [2.05, 4.69) is 10.6 Å². The number of halogens is 1. The van der Waals surface area contributed by atoms with Crippen molar-refractivity contribution in [1.82, 2.24) is 10.6 Å². The standard InChI is InChI=1S/C13H16ClN3O2/c14-10-3-1-2-9(12(10)15)13(19)16-7-6-11(18)17-8-4-5-8/h1-3,8H,4-7,15H2,(H,16,19)(H,17,18). The molecule has 5 nitrogen and oxygen atoms in total. The van der Waals surface area contributed by atoms with Crippen LogP contribution in [0.1, 0.15) is 29.6 Å². The molecule has 0 bridgehead atoms. The molecule has 0 radical (unpaired) electrons. The van der Waals surface area contributed by atoms with E-state index in [1.165, 1.54) is 0 Å². The number of amides is 2. The Morgan fingerprint density at radius 2 is 2.11 bits per heavy atom. The van der Waals surface area contributed by atoms with E-state index >= 15 is 0 Å². The molecule has 6 heteroatoms. The Kier molecular flexibility index (Phi) is 4.27. The zero-order chi connectivity index (χ0) is 13.8. The Bertz CT molecular complexity index is 501. The fourth-order valence-electron chi connectivity index (χ4n) is 1.65. The summed E-state index contributed by atoms with van der Waals surface area (Å²) in [6.07, 6.45) is 2.37. The first kappa shape index (κ1) is 13.7. The molecule has 1 fully saturated rings. The number of rotatable bonds is 5. The van der Waals surface area contributed by atoms with E-state index in [4.69, 9.17) is 17.3 Å². The van der Waals surface area contributed by atoms with Crippen LogP contribution in [-0.4, -0.2) is 24.4 Å². The number of anilines is 1. The number of para-hydroxylation sites is 1. The average Bonchev–Trinajstić information content (AvgIpc) is 3.16. The molecule has 0 heterocycles. The minimum absolute atomic E-state index is 0.0399. The summed E-state index contributed by atoms with van der Waals surface area (Å²) < 4.78 is 0. The number of nitrogen functional groups attached to an aromatic ring is 1. The van der Waals surface area contributed by atoms with E-state index in [0.717, 1.165) is 12.8 Å². The lowest BCUT2D eigenvalue weighted by molar-refractivity contribution is -0.121. The highest BCUT2D eigenvalue weighted by atomic mass is 35.5. The molecule has 4 N–H and O–H groups in total. The van der Waals surface area contributed by atoms with E-state index in [9.17, 15) is 9.59 Å². The van der Waals surface area contributed by atoms with Crippen LogP contribution in [0.5, 0.6) is 0 Å². The van der Waals surface area contributed by atoms with Gasteiger partial charge in [0.1, 0.15) is 0 Å². The molecule has 0 unspecified atom stereocenters. The minimum atomic E-state index is -0.320. The minimum Gasteiger partial charge on any atom is -0.397 e. The van der Waals surface area contributed by atoms with E-state index in [1.54, 1.807) is 18.2 Å². The summed E-state index contributed by atoms with van der Waals surface area (Å²) in [6.45, 7) is 0.281. The topological polar surface area (TPSA) is 84.2 Å². The van der Waals surface area contributed by atoms with Gasteiger partial charge in [-0.3, -0.25) is 9.59 Å². The molecule has 0 saturated heterocycles. The molecule has 2 amide bonds. The summed E-state index contributed by atoms with van der Waals surface area (Å²) in [5.41, 5.74) is 6.30. The molecule has 0 spiro atoms. The zero-order valence-corrected chi connectivity index (χ0v) is 11.2. The van der Waals surface area contributed by atoms with Crippen molar-refractivity contribution >= 4 is 29.1 Å². The van der Waals surface area contributed by atoms with Gasteiger partial charge in [-0.25, -0.2) is 0 Å². The molecule has 1 aromatic carbocycles. The third-order valence-electron chi connectivity index (χ3n) is 2.88. The van der Waals surface area contributed by atoms with Crippen LogP contribution in [0.25, 0.3) is 0 Å². The van der Waals surface area contributed by atoms with Gasteiger partial charge in [0.2, 0.25) is 5.91 Å². The predicted octanol–water partition coefficient (Wildman–Crippen LogP) is 1.32. The second-order valence-corrected chi connectivity index (χ2v) is 4.96. The van der Waals surface area contributed by atoms with Crippen LogP contribution in [0.15, 0.2) is 18.2 Å². The summed E-state index contributed by atoms with van der Waals surface area (Å²) in [5, 5.41) is 5.85. The second-order valence-electron chi connectivity index (χ2n) is 4.55. The first-order chi connectivity index (χ1) is 9.08. The van der Waals surface area contributed by atoms with Crippen molar-refractivity contribution in [2.24, 2.45) is 0 Å². The SMILES string of the molecule is Nc1c(Cl)cccc1C(=O)NCCC(=O)NC1CC1. The van der Waals surface area contributed by atoms with E-state index in [1.807, 2.05) is 0 Å². The van der Waals surface area contributed by atoms with Crippen LogP contribution in [-0.2, 0) is 4.79 Å². The largest absolute Gasteiger partial charge is 0.397 e. The van der Waals surface area contributed by atoms with Gasteiger partial charge in [0.15, 0.2) is 0 Å². The Morgan fingerprint density at radius 3 is 2.79 bits per heavy atom. The van der Waals surface area contributed by atoms with Gasteiger partial charge in [-0.05, 0) is 25.0 Å². The van der Waals surface area contributed by atoms with Crippen LogP contribution in [0.3, 0.4) is 0 Å². The number of carbonyl (C=O) groups is 2. The predicted molar refractivity (Wildman–Crippen MR) is 74.0 cm³/mol. The summed E-state index contributed by atoms with van der Waals surface area (Å²) >= 11 is 5.84. The first-order valence-corrected chi connectivity index (χ1v) is 6.57. The highest BCUT2D eigenvalue weighted by Crippen LogP contribution is 2.22. The van der Waals surface area contributed by atoms with E-state index in [-0.39, 0.29) is 30.5 Å². The van der Waals surface area contributed by atoms with Crippen LogP contribution >= 0.6 is 11.6 Å². The molecule has 0 aromatic heterocycles. The molecule has 1 aliphatic rings. The molecule has 0 atom stereocenters. The second kappa shape index (κ2) is 5.93.